The molecule has 5 nitrogen and oxygen atoms in total. The van der Waals surface area contributed by atoms with Gasteiger partial charge in [0.05, 0.1) is 12.5 Å². The lowest BCUT2D eigenvalue weighted by molar-refractivity contribution is -0.136. The fourth-order valence-electron chi connectivity index (χ4n) is 0.609. The quantitative estimate of drug-likeness (QED) is 0.514. The van der Waals surface area contributed by atoms with Crippen LogP contribution in [0.5, 0.6) is 0 Å². The molecule has 0 fully saturated rings. The van der Waals surface area contributed by atoms with Crippen molar-refractivity contribution in [3.8, 4) is 0 Å². The van der Waals surface area contributed by atoms with Gasteiger partial charge in [0.15, 0.2) is 0 Å². The van der Waals surface area contributed by atoms with Crippen molar-refractivity contribution in [2.45, 2.75) is 25.8 Å². The Morgan fingerprint density at radius 3 is 2.58 bits per heavy atom. The van der Waals surface area contributed by atoms with Gasteiger partial charge in [-0.2, -0.15) is 0 Å². The average molecular weight is 174 g/mol. The number of hydrogen-bond donors (Lipinski definition) is 3. The summed E-state index contributed by atoms with van der Waals surface area (Å²) in [5, 5.41) is 10.7. The number of aliphatic carboxylic acids is 1. The average Bonchev–Trinajstić information content (AvgIpc) is 2.02. The third-order valence-corrected chi connectivity index (χ3v) is 1.41. The topological polar surface area (TPSA) is 92.4 Å². The van der Waals surface area contributed by atoms with Gasteiger partial charge < -0.3 is 16.2 Å². The molecule has 0 aromatic carbocycles. The van der Waals surface area contributed by atoms with E-state index in [4.69, 9.17) is 10.8 Å². The van der Waals surface area contributed by atoms with Crippen LogP contribution < -0.4 is 11.1 Å². The Balaban J connectivity index is 3.50. The van der Waals surface area contributed by atoms with E-state index in [-0.39, 0.29) is 18.9 Å². The summed E-state index contributed by atoms with van der Waals surface area (Å²) >= 11 is 0. The van der Waals surface area contributed by atoms with Crippen molar-refractivity contribution in [2.75, 3.05) is 6.54 Å². The van der Waals surface area contributed by atoms with Crippen LogP contribution in [0.2, 0.25) is 0 Å². The van der Waals surface area contributed by atoms with Crippen LogP contribution in [0.15, 0.2) is 0 Å². The Morgan fingerprint density at radius 1 is 1.58 bits per heavy atom. The van der Waals surface area contributed by atoms with Crippen molar-refractivity contribution >= 4 is 11.9 Å². The van der Waals surface area contributed by atoms with Gasteiger partial charge in [0.1, 0.15) is 0 Å². The van der Waals surface area contributed by atoms with E-state index in [0.717, 1.165) is 0 Å². The molecular formula is C7H14N2O3. The first kappa shape index (κ1) is 10.9. The first-order valence-corrected chi connectivity index (χ1v) is 3.83. The maximum atomic E-state index is 10.9. The lowest BCUT2D eigenvalue weighted by atomic mass is 10.2. The molecule has 0 unspecified atom stereocenters. The van der Waals surface area contributed by atoms with E-state index in [9.17, 15) is 9.59 Å². The van der Waals surface area contributed by atoms with Crippen LogP contribution in [0.25, 0.3) is 0 Å². The number of carboxylic acid groups (broad SMARTS) is 1. The van der Waals surface area contributed by atoms with E-state index in [1.54, 1.807) is 6.92 Å². The number of nitrogens with two attached hydrogens (primary N) is 1. The van der Waals surface area contributed by atoms with Crippen LogP contribution in [0.1, 0.15) is 19.8 Å². The molecule has 0 saturated heterocycles. The number of carboxylic acids is 1. The summed E-state index contributed by atoms with van der Waals surface area (Å²) in [6, 6.07) is -0.529. The summed E-state index contributed by atoms with van der Waals surface area (Å²) in [6.45, 7) is 1.93. The standard InChI is InChI=1S/C7H14N2O3/c1-2-5(8)7(12)9-4-3-6(10)11/h5H,2-4,8H2,1H3,(H,9,12)(H,10,11)/t5-/m1/s1. The molecule has 1 amide bonds. The molecule has 0 aliphatic carbocycles. The highest BCUT2D eigenvalue weighted by Crippen LogP contribution is 1.85. The SMILES string of the molecule is CC[C@@H](N)C(=O)NCCC(=O)O. The monoisotopic (exact) mass is 174 g/mol. The number of amides is 1. The summed E-state index contributed by atoms with van der Waals surface area (Å²) in [5.74, 6) is -1.22. The maximum Gasteiger partial charge on any atom is 0.305 e. The summed E-state index contributed by atoms with van der Waals surface area (Å²) in [6.07, 6.45) is 0.487. The molecule has 0 spiro atoms. The molecule has 0 saturated carbocycles. The second kappa shape index (κ2) is 5.54. The Bertz CT molecular complexity index is 170. The number of hydrogen-bond acceptors (Lipinski definition) is 3. The first-order valence-electron chi connectivity index (χ1n) is 3.83. The Kier molecular flexibility index (Phi) is 5.03. The predicted molar refractivity (Wildman–Crippen MR) is 43.5 cm³/mol. The minimum absolute atomic E-state index is 0.0673. The molecule has 0 heterocycles. The van der Waals surface area contributed by atoms with Crippen LogP contribution in [-0.2, 0) is 9.59 Å². The van der Waals surface area contributed by atoms with E-state index >= 15 is 0 Å². The highest BCUT2D eigenvalue weighted by molar-refractivity contribution is 5.81. The van der Waals surface area contributed by atoms with Gasteiger partial charge in [-0.3, -0.25) is 9.59 Å². The van der Waals surface area contributed by atoms with Crippen LogP contribution in [0.3, 0.4) is 0 Å². The molecule has 0 radical (unpaired) electrons. The van der Waals surface area contributed by atoms with Crippen molar-refractivity contribution in [2.24, 2.45) is 5.73 Å². The summed E-state index contributed by atoms with van der Waals surface area (Å²) in [5.41, 5.74) is 5.37. The highest BCUT2D eigenvalue weighted by Gasteiger charge is 2.09. The Morgan fingerprint density at radius 2 is 2.17 bits per heavy atom. The predicted octanol–water partition coefficient (Wildman–Crippen LogP) is -0.685. The van der Waals surface area contributed by atoms with Crippen molar-refractivity contribution in [3.63, 3.8) is 0 Å². The van der Waals surface area contributed by atoms with Gasteiger partial charge in [0.2, 0.25) is 5.91 Å². The van der Waals surface area contributed by atoms with Crippen molar-refractivity contribution in [3.05, 3.63) is 0 Å². The van der Waals surface area contributed by atoms with Crippen molar-refractivity contribution < 1.29 is 14.7 Å². The Labute approximate surface area is 70.9 Å². The molecule has 0 aromatic rings. The van der Waals surface area contributed by atoms with E-state index in [1.165, 1.54) is 0 Å². The van der Waals surface area contributed by atoms with Gasteiger partial charge in [-0.25, -0.2) is 0 Å². The molecule has 1 atom stereocenters. The molecule has 0 bridgehead atoms. The lowest BCUT2D eigenvalue weighted by Gasteiger charge is -2.08. The summed E-state index contributed by atoms with van der Waals surface area (Å²) < 4.78 is 0. The molecule has 70 valence electrons. The number of carbonyl (C=O) groups excluding carboxylic acids is 1. The van der Waals surface area contributed by atoms with Crippen LogP contribution in [0.4, 0.5) is 0 Å². The lowest BCUT2D eigenvalue weighted by Crippen LogP contribution is -2.40. The smallest absolute Gasteiger partial charge is 0.305 e. The zero-order valence-electron chi connectivity index (χ0n) is 7.04. The highest BCUT2D eigenvalue weighted by atomic mass is 16.4. The van der Waals surface area contributed by atoms with Crippen LogP contribution in [-0.4, -0.2) is 29.6 Å². The van der Waals surface area contributed by atoms with Gasteiger partial charge in [-0.05, 0) is 6.42 Å². The zero-order chi connectivity index (χ0) is 9.56. The van der Waals surface area contributed by atoms with Gasteiger partial charge >= 0.3 is 5.97 Å². The fourth-order valence-corrected chi connectivity index (χ4v) is 0.609. The molecule has 5 heteroatoms. The fraction of sp³-hybridized carbons (Fsp3) is 0.714. The maximum absolute atomic E-state index is 10.9. The normalized spacial score (nSPS) is 12.2. The zero-order valence-corrected chi connectivity index (χ0v) is 7.04. The Hall–Kier alpha value is -1.10. The van der Waals surface area contributed by atoms with Crippen molar-refractivity contribution in [1.29, 1.82) is 0 Å². The third-order valence-electron chi connectivity index (χ3n) is 1.41. The molecular weight excluding hydrogens is 160 g/mol. The minimum Gasteiger partial charge on any atom is -0.481 e. The first-order chi connectivity index (χ1) is 5.57. The van der Waals surface area contributed by atoms with E-state index in [0.29, 0.717) is 6.42 Å². The summed E-state index contributed by atoms with van der Waals surface area (Å²) in [7, 11) is 0. The molecule has 0 rings (SSSR count). The number of nitrogens with one attached hydrogen (secondary N) is 1. The van der Waals surface area contributed by atoms with Gasteiger partial charge in [0.25, 0.3) is 0 Å². The largest absolute Gasteiger partial charge is 0.481 e. The molecule has 0 aliphatic rings. The van der Waals surface area contributed by atoms with Crippen LogP contribution >= 0.6 is 0 Å². The second-order valence-corrected chi connectivity index (χ2v) is 2.45. The minimum atomic E-state index is -0.930. The molecule has 0 aliphatic heterocycles. The molecule has 12 heavy (non-hydrogen) atoms. The van der Waals surface area contributed by atoms with Gasteiger partial charge in [-0.15, -0.1) is 0 Å². The van der Waals surface area contributed by atoms with Gasteiger partial charge in [0, 0.05) is 6.54 Å². The van der Waals surface area contributed by atoms with Gasteiger partial charge in [-0.1, -0.05) is 6.92 Å². The van der Waals surface area contributed by atoms with E-state index in [2.05, 4.69) is 5.32 Å². The van der Waals surface area contributed by atoms with Crippen LogP contribution in [0, 0.1) is 0 Å². The van der Waals surface area contributed by atoms with Crippen molar-refractivity contribution in [1.82, 2.24) is 5.32 Å². The van der Waals surface area contributed by atoms with E-state index < -0.39 is 12.0 Å². The molecule has 4 N–H and O–H groups in total. The number of carbonyl (C=O) groups is 2. The summed E-state index contributed by atoms with van der Waals surface area (Å²) in [4.78, 5) is 21.0. The third kappa shape index (κ3) is 4.68. The van der Waals surface area contributed by atoms with E-state index in [1.807, 2.05) is 0 Å². The second-order valence-electron chi connectivity index (χ2n) is 2.45. The number of rotatable bonds is 5. The molecule has 0 aromatic heterocycles.